The summed E-state index contributed by atoms with van der Waals surface area (Å²) in [7, 11) is 0. The van der Waals surface area contributed by atoms with Crippen molar-refractivity contribution in [3.63, 3.8) is 0 Å². The molecule has 0 aliphatic rings. The Kier molecular flexibility index (Phi) is 12.2. The Balaban J connectivity index is 0. The third-order valence-corrected chi connectivity index (χ3v) is 1.94. The molecule has 0 unspecified atom stereocenters. The Morgan fingerprint density at radius 2 is 2.00 bits per heavy atom. The molecule has 0 rings (SSSR count). The molecule has 0 aromatic carbocycles. The summed E-state index contributed by atoms with van der Waals surface area (Å²) in [6, 6.07) is 0. The molecule has 60 valence electrons. The zero-order valence-electron chi connectivity index (χ0n) is 7.59. The summed E-state index contributed by atoms with van der Waals surface area (Å²) in [6.45, 7) is 6.21. The average Bonchev–Trinajstić information content (AvgIpc) is 1.89. The third-order valence-electron chi connectivity index (χ3n) is 1.42. The minimum absolute atomic E-state index is 0. The molecular formula is C7H14NNaS2. The first-order chi connectivity index (χ1) is 4.72. The number of nitrogens with zero attached hydrogens (tertiary/aromatic N) is 1. The van der Waals surface area contributed by atoms with Crippen molar-refractivity contribution in [3.05, 3.63) is 0 Å². The van der Waals surface area contributed by atoms with Gasteiger partial charge in [0.1, 0.15) is 0 Å². The molecule has 0 spiro atoms. The van der Waals surface area contributed by atoms with Gasteiger partial charge in [0, 0.05) is 13.1 Å². The van der Waals surface area contributed by atoms with Crippen molar-refractivity contribution in [2.75, 3.05) is 13.1 Å². The van der Waals surface area contributed by atoms with Crippen LogP contribution in [-0.4, -0.2) is 22.3 Å². The Morgan fingerprint density at radius 1 is 1.45 bits per heavy atom. The van der Waals surface area contributed by atoms with E-state index in [2.05, 4.69) is 13.8 Å². The van der Waals surface area contributed by atoms with Crippen LogP contribution in [0.5, 0.6) is 0 Å². The first-order valence-corrected chi connectivity index (χ1v) is 4.50. The smallest absolute Gasteiger partial charge is 0.411 e. The molecule has 0 aliphatic heterocycles. The first-order valence-electron chi connectivity index (χ1n) is 3.68. The van der Waals surface area contributed by atoms with Gasteiger partial charge < -0.3 is 29.7 Å². The van der Waals surface area contributed by atoms with E-state index in [4.69, 9.17) is 24.8 Å². The van der Waals surface area contributed by atoms with Crippen LogP contribution >= 0.6 is 12.2 Å². The van der Waals surface area contributed by atoms with Crippen LogP contribution in [0, 0.1) is 0 Å². The van der Waals surface area contributed by atoms with E-state index in [0.29, 0.717) is 4.32 Å². The zero-order valence-corrected chi connectivity index (χ0v) is 11.2. The summed E-state index contributed by atoms with van der Waals surface area (Å²) in [5, 5.41) is 0. The minimum Gasteiger partial charge on any atom is -0.411 e. The number of hydrogen-bond acceptors (Lipinski definition) is 2. The number of unbranched alkanes of at least 4 members (excludes halogenated alkanes) is 1. The van der Waals surface area contributed by atoms with Crippen molar-refractivity contribution in [1.29, 1.82) is 0 Å². The fraction of sp³-hybridized carbons (Fsp3) is 0.857. The van der Waals surface area contributed by atoms with Crippen molar-refractivity contribution in [2.24, 2.45) is 0 Å². The van der Waals surface area contributed by atoms with Gasteiger partial charge in [-0.25, -0.2) is 0 Å². The average molecular weight is 199 g/mol. The van der Waals surface area contributed by atoms with Crippen molar-refractivity contribution in [3.8, 4) is 0 Å². The normalized spacial score (nSPS) is 8.55. The molecule has 0 saturated carbocycles. The van der Waals surface area contributed by atoms with Gasteiger partial charge >= 0.3 is 29.6 Å². The molecule has 0 saturated heterocycles. The molecule has 0 amide bonds. The van der Waals surface area contributed by atoms with Gasteiger partial charge in [-0.15, -0.1) is 0 Å². The largest absolute Gasteiger partial charge is 1.00 e. The van der Waals surface area contributed by atoms with Gasteiger partial charge in [-0.3, -0.25) is 0 Å². The first kappa shape index (κ1) is 14.6. The van der Waals surface area contributed by atoms with E-state index < -0.39 is 0 Å². The van der Waals surface area contributed by atoms with E-state index in [9.17, 15) is 0 Å². The van der Waals surface area contributed by atoms with Gasteiger partial charge in [-0.2, -0.15) is 0 Å². The van der Waals surface area contributed by atoms with Crippen molar-refractivity contribution < 1.29 is 29.6 Å². The number of rotatable bonds is 4. The van der Waals surface area contributed by atoms with Gasteiger partial charge in [-0.05, 0) is 13.3 Å². The van der Waals surface area contributed by atoms with Gasteiger partial charge in [0.15, 0.2) is 0 Å². The molecule has 0 fully saturated rings. The van der Waals surface area contributed by atoms with Crippen molar-refractivity contribution >= 4 is 29.2 Å². The predicted octanol–water partition coefficient (Wildman–Crippen LogP) is -1.06. The van der Waals surface area contributed by atoms with Gasteiger partial charge in [-0.1, -0.05) is 17.7 Å². The molecule has 0 aromatic rings. The summed E-state index contributed by atoms with van der Waals surface area (Å²) >= 11 is 9.74. The van der Waals surface area contributed by atoms with E-state index in [1.165, 1.54) is 12.8 Å². The summed E-state index contributed by atoms with van der Waals surface area (Å²) in [6.07, 6.45) is 2.39. The second-order valence-corrected chi connectivity index (χ2v) is 3.23. The van der Waals surface area contributed by atoms with Crippen LogP contribution < -0.4 is 29.6 Å². The Morgan fingerprint density at radius 3 is 2.27 bits per heavy atom. The molecule has 11 heavy (non-hydrogen) atoms. The maximum atomic E-state index is 4.87. The van der Waals surface area contributed by atoms with Gasteiger partial charge in [0.05, 0.1) is 0 Å². The Labute approximate surface area is 103 Å². The summed E-state index contributed by atoms with van der Waals surface area (Å²) in [4.78, 5) is 2.05. The van der Waals surface area contributed by atoms with E-state index >= 15 is 0 Å². The Bertz CT molecular complexity index is 109. The zero-order chi connectivity index (χ0) is 7.98. The summed E-state index contributed by atoms with van der Waals surface area (Å²) in [5.74, 6) is 0. The number of hydrogen-bond donors (Lipinski definition) is 0. The molecule has 0 heterocycles. The maximum absolute atomic E-state index is 4.87. The molecule has 0 radical (unpaired) electrons. The number of thiocarbonyl (C=S) groups is 1. The third kappa shape index (κ3) is 7.47. The summed E-state index contributed by atoms with van der Waals surface area (Å²) in [5.41, 5.74) is 0. The quantitative estimate of drug-likeness (QED) is 0.323. The predicted molar refractivity (Wildman–Crippen MR) is 52.1 cm³/mol. The van der Waals surface area contributed by atoms with E-state index in [1.54, 1.807) is 0 Å². The van der Waals surface area contributed by atoms with Crippen molar-refractivity contribution in [1.82, 2.24) is 4.90 Å². The molecule has 0 aromatic heterocycles. The van der Waals surface area contributed by atoms with E-state index in [1.807, 2.05) is 4.90 Å². The maximum Gasteiger partial charge on any atom is 1.00 e. The molecular weight excluding hydrogens is 185 g/mol. The fourth-order valence-electron chi connectivity index (χ4n) is 0.727. The van der Waals surface area contributed by atoms with Gasteiger partial charge in [0.2, 0.25) is 0 Å². The molecule has 1 nitrogen and oxygen atoms in total. The monoisotopic (exact) mass is 199 g/mol. The minimum atomic E-state index is 0. The molecule has 0 atom stereocenters. The molecule has 0 aliphatic carbocycles. The van der Waals surface area contributed by atoms with Crippen LogP contribution in [0.15, 0.2) is 0 Å². The summed E-state index contributed by atoms with van der Waals surface area (Å²) < 4.78 is 0.607. The standard InChI is InChI=1S/C7H15NS2.Na/c1-3-5-6-8(4-2)7(9)10;/h3-6H2,1-2H3,(H,9,10);/q;+1/p-1. The van der Waals surface area contributed by atoms with Crippen LogP contribution in [0.25, 0.3) is 0 Å². The van der Waals surface area contributed by atoms with Crippen LogP contribution in [0.4, 0.5) is 0 Å². The van der Waals surface area contributed by atoms with Gasteiger partial charge in [0.25, 0.3) is 0 Å². The molecule has 0 bridgehead atoms. The topological polar surface area (TPSA) is 3.24 Å². The van der Waals surface area contributed by atoms with Crippen LogP contribution in [0.2, 0.25) is 0 Å². The van der Waals surface area contributed by atoms with E-state index in [-0.39, 0.29) is 29.6 Å². The second kappa shape index (κ2) is 9.20. The second-order valence-electron chi connectivity index (χ2n) is 2.20. The van der Waals surface area contributed by atoms with Crippen LogP contribution in [0.3, 0.4) is 0 Å². The van der Waals surface area contributed by atoms with E-state index in [0.717, 1.165) is 13.1 Å². The molecule has 4 heteroatoms. The fourth-order valence-corrected chi connectivity index (χ4v) is 1.17. The Hall–Kier alpha value is 1.11. The SMILES string of the molecule is CCCCN(CC)C(=S)[S-].[Na+]. The van der Waals surface area contributed by atoms with Crippen molar-refractivity contribution in [2.45, 2.75) is 26.7 Å². The van der Waals surface area contributed by atoms with Crippen LogP contribution in [-0.2, 0) is 12.6 Å². The van der Waals surface area contributed by atoms with Crippen LogP contribution in [0.1, 0.15) is 26.7 Å². The molecule has 0 N–H and O–H groups in total.